The molecule has 0 aromatic carbocycles. The van der Waals surface area contributed by atoms with Crippen LogP contribution in [0.15, 0.2) is 17.5 Å². The van der Waals surface area contributed by atoms with Gasteiger partial charge in [-0.3, -0.25) is 5.10 Å². The molecule has 66 valence electrons. The molecule has 0 radical (unpaired) electrons. The van der Waals surface area contributed by atoms with Gasteiger partial charge in [-0.05, 0) is 12.5 Å². The summed E-state index contributed by atoms with van der Waals surface area (Å²) in [6.45, 7) is 2.27. The molecule has 13 heavy (non-hydrogen) atoms. The topological polar surface area (TPSA) is 81.9 Å². The number of azide groups is 1. The van der Waals surface area contributed by atoms with Crippen LogP contribution in [-0.4, -0.2) is 14.6 Å². The first-order chi connectivity index (χ1) is 6.33. The van der Waals surface area contributed by atoms with Gasteiger partial charge in [0, 0.05) is 28.6 Å². The van der Waals surface area contributed by atoms with Crippen LogP contribution in [0.5, 0.6) is 0 Å². The Morgan fingerprint density at radius 3 is 3.38 bits per heavy atom. The van der Waals surface area contributed by atoms with Crippen LogP contribution in [0.1, 0.15) is 11.3 Å². The summed E-state index contributed by atoms with van der Waals surface area (Å²) in [5.41, 5.74) is 11.0. The van der Waals surface area contributed by atoms with Gasteiger partial charge >= 0.3 is 0 Å². The number of aromatic amines is 1. The molecule has 2 rings (SSSR count). The van der Waals surface area contributed by atoms with E-state index in [9.17, 15) is 0 Å². The number of imidazole rings is 1. The SMILES string of the molecule is Cc1[nH]n2ccnc2c1CN=[N+]=[N-]. The minimum Gasteiger partial charge on any atom is -0.297 e. The molecule has 0 aliphatic carbocycles. The summed E-state index contributed by atoms with van der Waals surface area (Å²) < 4.78 is 1.80. The van der Waals surface area contributed by atoms with Crippen LogP contribution < -0.4 is 0 Å². The highest BCUT2D eigenvalue weighted by Gasteiger charge is 2.07. The molecule has 0 spiro atoms. The van der Waals surface area contributed by atoms with Crippen molar-refractivity contribution in [2.75, 3.05) is 0 Å². The highest BCUT2D eigenvalue weighted by Crippen LogP contribution is 2.14. The molecule has 0 saturated heterocycles. The quantitative estimate of drug-likeness (QED) is 0.422. The zero-order valence-corrected chi connectivity index (χ0v) is 7.10. The van der Waals surface area contributed by atoms with E-state index in [0.717, 1.165) is 16.9 Å². The summed E-state index contributed by atoms with van der Waals surface area (Å²) in [5, 5.41) is 6.60. The monoisotopic (exact) mass is 176 g/mol. The maximum Gasteiger partial charge on any atom is 0.156 e. The average molecular weight is 176 g/mol. The summed E-state index contributed by atoms with van der Waals surface area (Å²) >= 11 is 0. The highest BCUT2D eigenvalue weighted by atomic mass is 15.3. The van der Waals surface area contributed by atoms with E-state index in [2.05, 4.69) is 20.1 Å². The van der Waals surface area contributed by atoms with Crippen LogP contribution in [0.2, 0.25) is 0 Å². The van der Waals surface area contributed by atoms with Gasteiger partial charge in [-0.25, -0.2) is 9.50 Å². The van der Waals surface area contributed by atoms with E-state index in [1.165, 1.54) is 0 Å². The number of aryl methyl sites for hydroxylation is 1. The van der Waals surface area contributed by atoms with Crippen LogP contribution in [0.4, 0.5) is 0 Å². The summed E-state index contributed by atoms with van der Waals surface area (Å²) in [5.74, 6) is 0. The fourth-order valence-corrected chi connectivity index (χ4v) is 1.32. The first-order valence-electron chi connectivity index (χ1n) is 3.84. The van der Waals surface area contributed by atoms with E-state index in [-0.39, 0.29) is 0 Å². The molecule has 0 unspecified atom stereocenters. The van der Waals surface area contributed by atoms with Gasteiger partial charge in [-0.1, -0.05) is 5.11 Å². The molecule has 2 heterocycles. The van der Waals surface area contributed by atoms with Gasteiger partial charge in [0.1, 0.15) is 0 Å². The van der Waals surface area contributed by atoms with Gasteiger partial charge in [0.15, 0.2) is 5.65 Å². The van der Waals surface area contributed by atoms with E-state index < -0.39 is 0 Å². The van der Waals surface area contributed by atoms with Crippen molar-refractivity contribution in [3.8, 4) is 0 Å². The molecule has 0 atom stereocenters. The number of rotatable bonds is 2. The Hall–Kier alpha value is -1.94. The summed E-state index contributed by atoms with van der Waals surface area (Å²) in [6.07, 6.45) is 3.52. The fraction of sp³-hybridized carbons (Fsp3) is 0.286. The lowest BCUT2D eigenvalue weighted by atomic mass is 10.2. The van der Waals surface area contributed by atoms with E-state index in [1.54, 1.807) is 10.7 Å². The van der Waals surface area contributed by atoms with Crippen molar-refractivity contribution in [3.05, 3.63) is 34.1 Å². The number of nitrogens with zero attached hydrogens (tertiary/aromatic N) is 5. The van der Waals surface area contributed by atoms with E-state index in [1.807, 2.05) is 13.1 Å². The molecule has 0 aliphatic rings. The number of H-pyrrole nitrogens is 1. The second kappa shape index (κ2) is 2.84. The van der Waals surface area contributed by atoms with Crippen molar-refractivity contribution in [1.29, 1.82) is 0 Å². The lowest BCUT2D eigenvalue weighted by molar-refractivity contribution is 0.940. The Morgan fingerprint density at radius 2 is 2.62 bits per heavy atom. The smallest absolute Gasteiger partial charge is 0.156 e. The van der Waals surface area contributed by atoms with Crippen molar-refractivity contribution in [3.63, 3.8) is 0 Å². The minimum atomic E-state index is 0.340. The van der Waals surface area contributed by atoms with Crippen LogP contribution in [0, 0.1) is 6.92 Å². The molecule has 0 aliphatic heterocycles. The fourth-order valence-electron chi connectivity index (χ4n) is 1.32. The van der Waals surface area contributed by atoms with Crippen molar-refractivity contribution < 1.29 is 0 Å². The second-order valence-electron chi connectivity index (χ2n) is 2.73. The number of aromatic nitrogens is 3. The van der Waals surface area contributed by atoms with Crippen molar-refractivity contribution >= 4 is 5.65 Å². The molecule has 0 amide bonds. The Balaban J connectivity index is 2.56. The molecule has 1 N–H and O–H groups in total. The molecule has 6 heteroatoms. The predicted octanol–water partition coefficient (Wildman–Crippen LogP) is 1.78. The Kier molecular flexibility index (Phi) is 1.68. The Labute approximate surface area is 73.8 Å². The molecular weight excluding hydrogens is 168 g/mol. The van der Waals surface area contributed by atoms with Gasteiger partial charge in [0.05, 0.1) is 6.54 Å². The standard InChI is InChI=1S/C7H8N6/c1-5-6(4-10-12-8)7-9-2-3-13(7)11-5/h2-3,11H,4H2,1H3. The minimum absolute atomic E-state index is 0.340. The summed E-state index contributed by atoms with van der Waals surface area (Å²) in [6, 6.07) is 0. The normalized spacial score (nSPS) is 10.2. The molecule has 0 bridgehead atoms. The molecule has 0 saturated carbocycles. The van der Waals surface area contributed by atoms with Crippen LogP contribution in [0.25, 0.3) is 16.1 Å². The predicted molar refractivity (Wildman–Crippen MR) is 47.1 cm³/mol. The first-order valence-corrected chi connectivity index (χ1v) is 3.84. The summed E-state index contributed by atoms with van der Waals surface area (Å²) in [4.78, 5) is 6.86. The molecular formula is C7H8N6. The van der Waals surface area contributed by atoms with E-state index in [0.29, 0.717) is 6.54 Å². The zero-order valence-electron chi connectivity index (χ0n) is 7.10. The number of nitrogens with one attached hydrogen (secondary N) is 1. The lowest BCUT2D eigenvalue weighted by Gasteiger charge is -1.89. The lowest BCUT2D eigenvalue weighted by Crippen LogP contribution is -1.82. The third-order valence-corrected chi connectivity index (χ3v) is 1.94. The number of fused-ring (bicyclic) bond motifs is 1. The van der Waals surface area contributed by atoms with Gasteiger partial charge in [-0.2, -0.15) is 0 Å². The average Bonchev–Trinajstić information content (AvgIpc) is 2.62. The Morgan fingerprint density at radius 1 is 1.77 bits per heavy atom. The van der Waals surface area contributed by atoms with Crippen molar-refractivity contribution in [2.45, 2.75) is 13.5 Å². The molecule has 6 nitrogen and oxygen atoms in total. The number of hydrogen-bond donors (Lipinski definition) is 1. The molecule has 0 fully saturated rings. The van der Waals surface area contributed by atoms with Gasteiger partial charge in [0.2, 0.25) is 0 Å². The third kappa shape index (κ3) is 1.13. The molecule has 2 aromatic heterocycles. The maximum atomic E-state index is 8.20. The van der Waals surface area contributed by atoms with Gasteiger partial charge in [-0.15, -0.1) is 0 Å². The zero-order chi connectivity index (χ0) is 9.26. The first kappa shape index (κ1) is 7.70. The Bertz CT molecular complexity index is 472. The highest BCUT2D eigenvalue weighted by molar-refractivity contribution is 5.49. The van der Waals surface area contributed by atoms with Gasteiger partial charge in [0.25, 0.3) is 0 Å². The largest absolute Gasteiger partial charge is 0.297 e. The van der Waals surface area contributed by atoms with E-state index in [4.69, 9.17) is 5.53 Å². The molecule has 2 aromatic rings. The van der Waals surface area contributed by atoms with Crippen molar-refractivity contribution in [2.24, 2.45) is 5.11 Å². The van der Waals surface area contributed by atoms with Crippen molar-refractivity contribution in [1.82, 2.24) is 14.6 Å². The maximum absolute atomic E-state index is 8.20. The second-order valence-corrected chi connectivity index (χ2v) is 2.73. The van der Waals surface area contributed by atoms with Gasteiger partial charge < -0.3 is 0 Å². The number of hydrogen-bond acceptors (Lipinski definition) is 2. The van der Waals surface area contributed by atoms with E-state index >= 15 is 0 Å². The van der Waals surface area contributed by atoms with Crippen LogP contribution >= 0.6 is 0 Å². The summed E-state index contributed by atoms with van der Waals surface area (Å²) in [7, 11) is 0. The van der Waals surface area contributed by atoms with Crippen LogP contribution in [0.3, 0.4) is 0 Å². The van der Waals surface area contributed by atoms with Crippen LogP contribution in [-0.2, 0) is 6.54 Å². The third-order valence-electron chi connectivity index (χ3n) is 1.94.